The number of carbonyl (C=O) groups is 1. The second-order valence-electron chi connectivity index (χ2n) is 3.85. The van der Waals surface area contributed by atoms with E-state index in [1.165, 1.54) is 12.1 Å². The molecule has 0 spiro atoms. The van der Waals surface area contributed by atoms with E-state index in [1.54, 1.807) is 6.07 Å². The average molecular weight is 313 g/mol. The van der Waals surface area contributed by atoms with Crippen LogP contribution in [0.2, 0.25) is 0 Å². The predicted octanol–water partition coefficient (Wildman–Crippen LogP) is 4.02. The summed E-state index contributed by atoms with van der Waals surface area (Å²) >= 11 is 0.877. The van der Waals surface area contributed by atoms with Crippen LogP contribution in [-0.2, 0) is 6.18 Å². The molecule has 0 bridgehead atoms. The van der Waals surface area contributed by atoms with Crippen LogP contribution >= 0.6 is 11.8 Å². The van der Waals surface area contributed by atoms with Gasteiger partial charge in [-0.05, 0) is 30.3 Å². The highest BCUT2D eigenvalue weighted by atomic mass is 32.2. The lowest BCUT2D eigenvalue weighted by Gasteiger charge is -2.08. The molecule has 108 valence electrons. The predicted molar refractivity (Wildman–Crippen MR) is 65.9 cm³/mol. The van der Waals surface area contributed by atoms with E-state index < -0.39 is 17.7 Å². The molecule has 1 aromatic heterocycles. The van der Waals surface area contributed by atoms with E-state index >= 15 is 0 Å². The number of hydrogen-bond acceptors (Lipinski definition) is 4. The number of nitriles is 1. The topological polar surface area (TPSA) is 74.2 Å². The average Bonchev–Trinajstić information content (AvgIpc) is 2.86. The Hall–Kier alpha value is -2.40. The van der Waals surface area contributed by atoms with E-state index in [2.05, 4.69) is 0 Å². The summed E-state index contributed by atoms with van der Waals surface area (Å²) in [5.74, 6) is -1.54. The van der Waals surface area contributed by atoms with Gasteiger partial charge in [0, 0.05) is 4.90 Å². The highest BCUT2D eigenvalue weighted by Crippen LogP contribution is 2.36. The van der Waals surface area contributed by atoms with Crippen molar-refractivity contribution < 1.29 is 27.5 Å². The first kappa shape index (κ1) is 15.0. The van der Waals surface area contributed by atoms with E-state index in [1.807, 2.05) is 0 Å². The van der Waals surface area contributed by atoms with Crippen LogP contribution in [0.15, 0.2) is 44.7 Å². The molecule has 0 fully saturated rings. The summed E-state index contributed by atoms with van der Waals surface area (Å²) in [7, 11) is 0. The van der Waals surface area contributed by atoms with E-state index in [9.17, 15) is 18.0 Å². The maximum Gasteiger partial charge on any atom is 0.416 e. The van der Waals surface area contributed by atoms with Gasteiger partial charge >= 0.3 is 12.1 Å². The van der Waals surface area contributed by atoms with E-state index in [0.29, 0.717) is 0 Å². The molecule has 0 radical (unpaired) electrons. The minimum absolute atomic E-state index is 0.164. The maximum atomic E-state index is 12.6. The van der Waals surface area contributed by atoms with Gasteiger partial charge in [-0.15, -0.1) is 0 Å². The SMILES string of the molecule is N#Cc1cc(C(F)(F)F)ccc1Sc1ccc(C(=O)O)o1. The molecule has 1 N–H and O–H groups in total. The second-order valence-corrected chi connectivity index (χ2v) is 4.89. The molecule has 0 saturated carbocycles. The summed E-state index contributed by atoms with van der Waals surface area (Å²) in [5.41, 5.74) is -1.09. The lowest BCUT2D eigenvalue weighted by Crippen LogP contribution is -2.05. The molecule has 21 heavy (non-hydrogen) atoms. The summed E-state index contributed by atoms with van der Waals surface area (Å²) in [4.78, 5) is 10.9. The lowest BCUT2D eigenvalue weighted by molar-refractivity contribution is -0.137. The Bertz CT molecular complexity index is 731. The molecule has 0 aliphatic heterocycles. The van der Waals surface area contributed by atoms with Gasteiger partial charge in [-0.1, -0.05) is 11.8 Å². The molecule has 0 unspecified atom stereocenters. The number of carboxylic acids is 1. The molecule has 0 aliphatic rings. The summed E-state index contributed by atoms with van der Waals surface area (Å²) in [6.45, 7) is 0. The highest BCUT2D eigenvalue weighted by Gasteiger charge is 2.31. The highest BCUT2D eigenvalue weighted by molar-refractivity contribution is 7.99. The summed E-state index contributed by atoms with van der Waals surface area (Å²) in [6.07, 6.45) is -4.53. The number of furan rings is 1. The van der Waals surface area contributed by atoms with Gasteiger partial charge in [-0.2, -0.15) is 18.4 Å². The smallest absolute Gasteiger partial charge is 0.416 e. The van der Waals surface area contributed by atoms with Crippen LogP contribution in [0, 0.1) is 11.3 Å². The van der Waals surface area contributed by atoms with E-state index in [4.69, 9.17) is 14.8 Å². The molecular formula is C13H6F3NO3S. The maximum absolute atomic E-state index is 12.6. The summed E-state index contributed by atoms with van der Waals surface area (Å²) < 4.78 is 42.6. The van der Waals surface area contributed by atoms with Crippen LogP contribution in [-0.4, -0.2) is 11.1 Å². The Morgan fingerprint density at radius 2 is 2.00 bits per heavy atom. The molecule has 8 heteroatoms. The number of nitrogens with zero attached hydrogens (tertiary/aromatic N) is 1. The second kappa shape index (κ2) is 5.54. The first-order chi connectivity index (χ1) is 9.81. The van der Waals surface area contributed by atoms with E-state index in [0.717, 1.165) is 30.0 Å². The Morgan fingerprint density at radius 1 is 1.29 bits per heavy atom. The molecule has 0 amide bonds. The third kappa shape index (κ3) is 3.38. The number of benzene rings is 1. The van der Waals surface area contributed by atoms with Crippen LogP contribution in [0.4, 0.5) is 13.2 Å². The van der Waals surface area contributed by atoms with Gasteiger partial charge in [0.2, 0.25) is 5.76 Å². The van der Waals surface area contributed by atoms with Crippen molar-refractivity contribution in [1.82, 2.24) is 0 Å². The van der Waals surface area contributed by atoms with Crippen LogP contribution in [0.25, 0.3) is 0 Å². The first-order valence-corrected chi connectivity index (χ1v) is 6.25. The fourth-order valence-corrected chi connectivity index (χ4v) is 2.32. The minimum atomic E-state index is -4.53. The fraction of sp³-hybridized carbons (Fsp3) is 0.0769. The molecule has 0 aliphatic carbocycles. The normalized spacial score (nSPS) is 11.1. The van der Waals surface area contributed by atoms with Crippen molar-refractivity contribution in [2.45, 2.75) is 16.2 Å². The Labute approximate surface area is 120 Å². The molecule has 0 saturated heterocycles. The van der Waals surface area contributed by atoms with Gasteiger partial charge < -0.3 is 9.52 Å². The largest absolute Gasteiger partial charge is 0.475 e. The zero-order valence-electron chi connectivity index (χ0n) is 10.1. The molecule has 1 heterocycles. The van der Waals surface area contributed by atoms with Crippen LogP contribution in [0.3, 0.4) is 0 Å². The monoisotopic (exact) mass is 313 g/mol. The Kier molecular flexibility index (Phi) is 3.95. The van der Waals surface area contributed by atoms with Crippen molar-refractivity contribution in [3.05, 3.63) is 47.2 Å². The van der Waals surface area contributed by atoms with Gasteiger partial charge in [-0.25, -0.2) is 4.79 Å². The van der Waals surface area contributed by atoms with Crippen molar-refractivity contribution in [1.29, 1.82) is 5.26 Å². The molecule has 2 aromatic rings. The summed E-state index contributed by atoms with van der Waals surface area (Å²) in [6, 6.07) is 7.01. The zero-order chi connectivity index (χ0) is 15.6. The number of carboxylic acid groups (broad SMARTS) is 1. The van der Waals surface area contributed by atoms with Gasteiger partial charge in [-0.3, -0.25) is 0 Å². The number of hydrogen-bond donors (Lipinski definition) is 1. The summed E-state index contributed by atoms with van der Waals surface area (Å²) in [5, 5.41) is 17.8. The van der Waals surface area contributed by atoms with Crippen molar-refractivity contribution in [2.24, 2.45) is 0 Å². The van der Waals surface area contributed by atoms with Crippen molar-refractivity contribution in [3.8, 4) is 6.07 Å². The third-order valence-electron chi connectivity index (χ3n) is 2.43. The van der Waals surface area contributed by atoms with Gasteiger partial charge in [0.05, 0.1) is 11.1 Å². The standard InChI is InChI=1S/C13H6F3NO3S/c14-13(15,16)8-1-3-10(7(5-8)6-17)21-11-4-2-9(20-11)12(18)19/h1-5H,(H,18,19). The van der Waals surface area contributed by atoms with Crippen LogP contribution in [0.5, 0.6) is 0 Å². The molecule has 2 rings (SSSR count). The van der Waals surface area contributed by atoms with Crippen molar-refractivity contribution >= 4 is 17.7 Å². The third-order valence-corrected chi connectivity index (χ3v) is 3.43. The number of rotatable bonds is 3. The van der Waals surface area contributed by atoms with Crippen molar-refractivity contribution in [3.63, 3.8) is 0 Å². The van der Waals surface area contributed by atoms with Gasteiger partial charge in [0.1, 0.15) is 6.07 Å². The number of halogens is 3. The quantitative estimate of drug-likeness (QED) is 0.926. The molecule has 0 atom stereocenters. The molecular weight excluding hydrogens is 307 g/mol. The first-order valence-electron chi connectivity index (χ1n) is 5.43. The van der Waals surface area contributed by atoms with Gasteiger partial charge in [0.25, 0.3) is 0 Å². The van der Waals surface area contributed by atoms with Crippen molar-refractivity contribution in [2.75, 3.05) is 0 Å². The van der Waals surface area contributed by atoms with Crippen LogP contribution < -0.4 is 0 Å². The Balaban J connectivity index is 2.32. The number of aromatic carboxylic acids is 1. The van der Waals surface area contributed by atoms with Crippen LogP contribution in [0.1, 0.15) is 21.7 Å². The molecule has 1 aromatic carbocycles. The lowest BCUT2D eigenvalue weighted by atomic mass is 10.1. The minimum Gasteiger partial charge on any atom is -0.475 e. The Morgan fingerprint density at radius 3 is 2.52 bits per heavy atom. The molecule has 4 nitrogen and oxygen atoms in total. The van der Waals surface area contributed by atoms with Gasteiger partial charge in [0.15, 0.2) is 5.09 Å². The fourth-order valence-electron chi connectivity index (χ4n) is 1.48. The number of alkyl halides is 3. The zero-order valence-corrected chi connectivity index (χ0v) is 11.0. The van der Waals surface area contributed by atoms with E-state index in [-0.39, 0.29) is 21.3 Å².